The molecule has 0 N–H and O–H groups in total. The summed E-state index contributed by atoms with van der Waals surface area (Å²) in [6.07, 6.45) is 0. The van der Waals surface area contributed by atoms with Crippen LogP contribution in [0.2, 0.25) is 0 Å². The Morgan fingerprint density at radius 2 is 0.671 bits per heavy atom. The quantitative estimate of drug-likeness (QED) is 0.160. The van der Waals surface area contributed by atoms with Gasteiger partial charge in [0.2, 0.25) is 0 Å². The molecule has 0 fully saturated rings. The van der Waals surface area contributed by atoms with Gasteiger partial charge in [-0.05, 0) is 85.0 Å². The fraction of sp³-hybridized carbons (Fsp3) is 0.0606. The van der Waals surface area contributed by atoms with Gasteiger partial charge in [0.25, 0.3) is 0 Å². The highest BCUT2D eigenvalue weighted by atomic mass is 15.0. The Kier molecular flexibility index (Phi) is 9.70. The Balaban J connectivity index is 1.09. The average molecular weight is 895 g/mol. The van der Waals surface area contributed by atoms with E-state index in [4.69, 9.17) is 19.9 Å². The van der Waals surface area contributed by atoms with Crippen LogP contribution in [-0.4, -0.2) is 19.9 Å². The van der Waals surface area contributed by atoms with E-state index in [0.717, 1.165) is 72.6 Å². The Morgan fingerprint density at radius 1 is 0.257 bits per heavy atom. The molecule has 9 aromatic carbocycles. The second-order valence-electron chi connectivity index (χ2n) is 18.9. The molecule has 11 aromatic rings. The zero-order chi connectivity index (χ0) is 46.8. The third kappa shape index (κ3) is 6.59. The van der Waals surface area contributed by atoms with Crippen molar-refractivity contribution in [2.45, 2.75) is 24.7 Å². The van der Waals surface area contributed by atoms with E-state index in [2.05, 4.69) is 232 Å². The van der Waals surface area contributed by atoms with Crippen molar-refractivity contribution in [3.8, 4) is 90.1 Å². The number of hydrogen-bond donors (Lipinski definition) is 0. The summed E-state index contributed by atoms with van der Waals surface area (Å²) in [5.74, 6) is 1.87. The van der Waals surface area contributed by atoms with Gasteiger partial charge in [-0.1, -0.05) is 238 Å². The summed E-state index contributed by atoms with van der Waals surface area (Å²) in [5.41, 5.74) is 20.4. The van der Waals surface area contributed by atoms with Crippen molar-refractivity contribution in [1.29, 1.82) is 0 Å². The summed E-state index contributed by atoms with van der Waals surface area (Å²) >= 11 is 0. The highest BCUT2D eigenvalue weighted by Gasteiger charge is 2.54. The van der Waals surface area contributed by atoms with Crippen LogP contribution in [0.3, 0.4) is 0 Å². The molecule has 13 rings (SSSR count). The van der Waals surface area contributed by atoms with Crippen LogP contribution >= 0.6 is 0 Å². The lowest BCUT2D eigenvalue weighted by Crippen LogP contribution is -2.40. The first kappa shape index (κ1) is 41.3. The van der Waals surface area contributed by atoms with Crippen LogP contribution in [0.1, 0.15) is 47.2 Å². The molecule has 0 aliphatic heterocycles. The zero-order valence-electron chi connectivity index (χ0n) is 38.9. The molecule has 70 heavy (non-hydrogen) atoms. The smallest absolute Gasteiger partial charge is 0.164 e. The molecule has 1 spiro atoms. The molecule has 2 aliphatic carbocycles. The molecule has 2 aromatic heterocycles. The van der Waals surface area contributed by atoms with Crippen molar-refractivity contribution in [3.05, 3.63) is 276 Å². The lowest BCUT2D eigenvalue weighted by Gasteiger charge is -2.46. The molecule has 0 unspecified atom stereocenters. The summed E-state index contributed by atoms with van der Waals surface area (Å²) in [6, 6.07) is 86.9. The fourth-order valence-corrected chi connectivity index (χ4v) is 11.3. The van der Waals surface area contributed by atoms with Crippen LogP contribution < -0.4 is 0 Å². The first-order valence-corrected chi connectivity index (χ1v) is 24.0. The highest BCUT2D eigenvalue weighted by Crippen LogP contribution is 2.63. The molecule has 0 saturated carbocycles. The van der Waals surface area contributed by atoms with Crippen molar-refractivity contribution >= 4 is 0 Å². The van der Waals surface area contributed by atoms with E-state index in [9.17, 15) is 0 Å². The summed E-state index contributed by atoms with van der Waals surface area (Å²) in [4.78, 5) is 21.3. The molecular weight excluding hydrogens is 849 g/mol. The van der Waals surface area contributed by atoms with E-state index in [-0.39, 0.29) is 5.41 Å². The maximum Gasteiger partial charge on any atom is 0.164 e. The number of rotatable bonds is 7. The van der Waals surface area contributed by atoms with Crippen molar-refractivity contribution < 1.29 is 0 Å². The average Bonchev–Trinajstić information content (AvgIpc) is 3.74. The van der Waals surface area contributed by atoms with Crippen LogP contribution in [-0.2, 0) is 10.8 Å². The van der Waals surface area contributed by atoms with Gasteiger partial charge in [-0.2, -0.15) is 0 Å². The van der Waals surface area contributed by atoms with Gasteiger partial charge >= 0.3 is 0 Å². The number of hydrogen-bond acceptors (Lipinski definition) is 4. The third-order valence-electron chi connectivity index (χ3n) is 14.6. The molecule has 0 atom stereocenters. The van der Waals surface area contributed by atoms with E-state index in [1.165, 1.54) is 33.4 Å². The van der Waals surface area contributed by atoms with Gasteiger partial charge in [0, 0.05) is 33.2 Å². The molecule has 0 bridgehead atoms. The van der Waals surface area contributed by atoms with E-state index in [1.807, 2.05) is 24.3 Å². The van der Waals surface area contributed by atoms with Crippen LogP contribution in [0.25, 0.3) is 90.1 Å². The Morgan fingerprint density at radius 3 is 1.23 bits per heavy atom. The van der Waals surface area contributed by atoms with E-state index < -0.39 is 5.41 Å². The van der Waals surface area contributed by atoms with E-state index in [0.29, 0.717) is 17.5 Å². The summed E-state index contributed by atoms with van der Waals surface area (Å²) in [6.45, 7) is 4.74. The van der Waals surface area contributed by atoms with Gasteiger partial charge in [0.1, 0.15) is 0 Å². The number of fused-ring (bicyclic) bond motifs is 9. The van der Waals surface area contributed by atoms with E-state index >= 15 is 0 Å². The van der Waals surface area contributed by atoms with Crippen molar-refractivity contribution in [1.82, 2.24) is 19.9 Å². The van der Waals surface area contributed by atoms with Gasteiger partial charge in [-0.25, -0.2) is 19.9 Å². The minimum Gasteiger partial charge on any atom is -0.248 e. The first-order valence-electron chi connectivity index (χ1n) is 24.0. The lowest BCUT2D eigenvalue weighted by molar-refractivity contribution is 0.563. The summed E-state index contributed by atoms with van der Waals surface area (Å²) < 4.78 is 0. The second kappa shape index (κ2) is 16.4. The minimum absolute atomic E-state index is 0.235. The minimum atomic E-state index is -0.629. The standard InChI is InChI=1S/C66H46N4/c1-65(2)54-29-15-17-31-56(54)66(57-32-18-16-30-55(57)65)53-39-38-49(50-41-59(45-22-9-4-10-23-45)67-60(42-50)46-24-11-5-12-25-46)40-52(53)61-51(28-19-33-58(61)66)64-69-62(47-26-13-6-14-27-47)68-63(70-64)48-36-34-44(35-37-48)43-20-7-3-8-21-43/h3-42H,1-2H3. The summed E-state index contributed by atoms with van der Waals surface area (Å²) in [5, 5.41) is 0. The Bertz CT molecular complexity index is 3660. The van der Waals surface area contributed by atoms with Crippen molar-refractivity contribution in [2.24, 2.45) is 0 Å². The number of aromatic nitrogens is 4. The molecule has 4 heteroatoms. The molecule has 2 heterocycles. The fourth-order valence-electron chi connectivity index (χ4n) is 11.3. The predicted molar refractivity (Wildman–Crippen MR) is 285 cm³/mol. The maximum absolute atomic E-state index is 5.44. The molecule has 0 radical (unpaired) electrons. The first-order chi connectivity index (χ1) is 34.4. The molecule has 2 aliphatic rings. The molecule has 330 valence electrons. The number of nitrogens with zero attached hydrogens (tertiary/aromatic N) is 4. The Labute approximate surface area is 408 Å². The molecule has 4 nitrogen and oxygen atoms in total. The second-order valence-corrected chi connectivity index (χ2v) is 18.9. The highest BCUT2D eigenvalue weighted by molar-refractivity contribution is 5.97. The molecular formula is C66H46N4. The van der Waals surface area contributed by atoms with Crippen LogP contribution in [0.4, 0.5) is 0 Å². The molecule has 0 amide bonds. The van der Waals surface area contributed by atoms with Crippen LogP contribution in [0.5, 0.6) is 0 Å². The monoisotopic (exact) mass is 894 g/mol. The van der Waals surface area contributed by atoms with Gasteiger partial charge < -0.3 is 0 Å². The van der Waals surface area contributed by atoms with Gasteiger partial charge in [-0.3, -0.25) is 0 Å². The summed E-state index contributed by atoms with van der Waals surface area (Å²) in [7, 11) is 0. The van der Waals surface area contributed by atoms with Crippen LogP contribution in [0, 0.1) is 0 Å². The maximum atomic E-state index is 5.44. The van der Waals surface area contributed by atoms with Crippen LogP contribution in [0.15, 0.2) is 243 Å². The Hall–Kier alpha value is -8.86. The normalized spacial score (nSPS) is 13.5. The van der Waals surface area contributed by atoms with Gasteiger partial charge in [0.15, 0.2) is 17.5 Å². The lowest BCUT2D eigenvalue weighted by atomic mass is 9.55. The zero-order valence-corrected chi connectivity index (χ0v) is 38.9. The van der Waals surface area contributed by atoms with Crippen molar-refractivity contribution in [3.63, 3.8) is 0 Å². The largest absolute Gasteiger partial charge is 0.248 e. The SMILES string of the molecule is CC1(C)c2ccccc2C2(c3ccc(-c4cc(-c5ccccc5)nc(-c5ccccc5)c4)cc3-c3c(-c4nc(-c5ccccc5)nc(-c5ccc(-c6ccccc6)cc5)n4)cccc32)c2ccccc21. The third-order valence-corrected chi connectivity index (χ3v) is 14.6. The number of pyridine rings is 1. The topological polar surface area (TPSA) is 51.6 Å². The number of benzene rings is 9. The van der Waals surface area contributed by atoms with E-state index in [1.54, 1.807) is 0 Å². The van der Waals surface area contributed by atoms with Gasteiger partial charge in [-0.15, -0.1) is 0 Å². The molecule has 0 saturated heterocycles. The van der Waals surface area contributed by atoms with Gasteiger partial charge in [0.05, 0.1) is 16.8 Å². The predicted octanol–water partition coefficient (Wildman–Crippen LogP) is 15.9. The van der Waals surface area contributed by atoms with Crippen molar-refractivity contribution in [2.75, 3.05) is 0 Å².